The molecule has 160 valence electrons. The van der Waals surface area contributed by atoms with Crippen molar-refractivity contribution in [1.82, 2.24) is 0 Å². The maximum Gasteiger partial charge on any atom is 0.256 e. The summed E-state index contributed by atoms with van der Waals surface area (Å²) in [4.78, 5) is 25.3. The fourth-order valence-electron chi connectivity index (χ4n) is 3.03. The minimum atomic E-state index is -0.674. The zero-order valence-corrected chi connectivity index (χ0v) is 17.8. The second-order valence-corrected chi connectivity index (χ2v) is 7.09. The second kappa shape index (κ2) is 10.4. The Morgan fingerprint density at radius 3 is 2.42 bits per heavy atom. The zero-order valence-electron chi connectivity index (χ0n) is 17.8. The normalized spacial score (nSPS) is 11.5. The molecule has 31 heavy (non-hydrogen) atoms. The molecule has 3 aromatic carbocycles. The maximum absolute atomic E-state index is 12.7. The summed E-state index contributed by atoms with van der Waals surface area (Å²) in [7, 11) is 1.60. The summed E-state index contributed by atoms with van der Waals surface area (Å²) in [5.41, 5.74) is 3.37. The van der Waals surface area contributed by atoms with E-state index in [4.69, 9.17) is 9.47 Å². The lowest BCUT2D eigenvalue weighted by Gasteiger charge is -2.16. The molecule has 6 nitrogen and oxygen atoms in total. The number of amides is 2. The molecule has 0 saturated heterocycles. The topological polar surface area (TPSA) is 76.7 Å². The zero-order chi connectivity index (χ0) is 22.2. The van der Waals surface area contributed by atoms with Crippen LogP contribution < -0.4 is 15.4 Å². The first-order valence-electron chi connectivity index (χ1n) is 9.99. The SMILES string of the molecule is COc1cccc(COC(C)C(=O)Nc2cccc(C(=O)Nc3ccccc3)c2C)c1. The van der Waals surface area contributed by atoms with Crippen LogP contribution in [0.15, 0.2) is 72.8 Å². The minimum absolute atomic E-state index is 0.234. The van der Waals surface area contributed by atoms with E-state index >= 15 is 0 Å². The summed E-state index contributed by atoms with van der Waals surface area (Å²) in [6.07, 6.45) is -0.674. The third-order valence-corrected chi connectivity index (χ3v) is 4.87. The lowest BCUT2D eigenvalue weighted by Crippen LogP contribution is -2.28. The third-order valence-electron chi connectivity index (χ3n) is 4.87. The van der Waals surface area contributed by atoms with E-state index in [1.165, 1.54) is 0 Å². The molecule has 0 aliphatic heterocycles. The highest BCUT2D eigenvalue weighted by molar-refractivity contribution is 6.07. The van der Waals surface area contributed by atoms with E-state index in [1.54, 1.807) is 39.2 Å². The first-order chi connectivity index (χ1) is 15.0. The van der Waals surface area contributed by atoms with Gasteiger partial charge in [0, 0.05) is 16.9 Å². The second-order valence-electron chi connectivity index (χ2n) is 7.09. The standard InChI is InChI=1S/C25H26N2O4/c1-17-22(25(29)26-20-10-5-4-6-11-20)13-8-14-23(17)27-24(28)18(2)31-16-19-9-7-12-21(15-19)30-3/h4-15,18H,16H2,1-3H3,(H,26,29)(H,27,28). The number of para-hydroxylation sites is 1. The van der Waals surface area contributed by atoms with E-state index in [2.05, 4.69) is 10.6 Å². The first-order valence-corrected chi connectivity index (χ1v) is 9.99. The van der Waals surface area contributed by atoms with Gasteiger partial charge in [0.1, 0.15) is 11.9 Å². The molecule has 0 aliphatic rings. The number of hydrogen-bond donors (Lipinski definition) is 2. The van der Waals surface area contributed by atoms with Gasteiger partial charge in [-0.05, 0) is 61.4 Å². The van der Waals surface area contributed by atoms with Gasteiger partial charge in [0.25, 0.3) is 11.8 Å². The van der Waals surface area contributed by atoms with Gasteiger partial charge in [-0.25, -0.2) is 0 Å². The number of carbonyl (C=O) groups excluding carboxylic acids is 2. The molecule has 0 saturated carbocycles. The monoisotopic (exact) mass is 418 g/mol. The number of hydrogen-bond acceptors (Lipinski definition) is 4. The summed E-state index contributed by atoms with van der Waals surface area (Å²) in [6, 6.07) is 22.0. The van der Waals surface area contributed by atoms with E-state index in [0.29, 0.717) is 22.5 Å². The number of methoxy groups -OCH3 is 1. The summed E-state index contributed by atoms with van der Waals surface area (Å²) in [5.74, 6) is 0.216. The number of carbonyl (C=O) groups is 2. The lowest BCUT2D eigenvalue weighted by atomic mass is 10.1. The highest BCUT2D eigenvalue weighted by Gasteiger charge is 2.17. The molecule has 2 N–H and O–H groups in total. The number of benzene rings is 3. The third kappa shape index (κ3) is 5.93. The molecule has 1 unspecified atom stereocenters. The Bertz CT molecular complexity index is 1050. The summed E-state index contributed by atoms with van der Waals surface area (Å²) >= 11 is 0. The molecule has 0 heterocycles. The van der Waals surface area contributed by atoms with Gasteiger partial charge in [-0.1, -0.05) is 36.4 Å². The smallest absolute Gasteiger partial charge is 0.256 e. The Morgan fingerprint density at radius 1 is 0.935 bits per heavy atom. The largest absolute Gasteiger partial charge is 0.497 e. The van der Waals surface area contributed by atoms with Gasteiger partial charge >= 0.3 is 0 Å². The molecule has 0 aromatic heterocycles. The van der Waals surface area contributed by atoms with Crippen LogP contribution in [0.5, 0.6) is 5.75 Å². The van der Waals surface area contributed by atoms with Crippen LogP contribution in [0.4, 0.5) is 11.4 Å². The quantitative estimate of drug-likeness (QED) is 0.551. The Morgan fingerprint density at radius 2 is 1.68 bits per heavy atom. The Kier molecular flexibility index (Phi) is 7.40. The molecule has 6 heteroatoms. The van der Waals surface area contributed by atoms with Crippen LogP contribution in [0.25, 0.3) is 0 Å². The summed E-state index contributed by atoms with van der Waals surface area (Å²) in [6.45, 7) is 3.78. The molecule has 0 radical (unpaired) electrons. The molecule has 1 atom stereocenters. The maximum atomic E-state index is 12.7. The van der Waals surface area contributed by atoms with Crippen LogP contribution in [-0.4, -0.2) is 25.0 Å². The van der Waals surface area contributed by atoms with Crippen molar-refractivity contribution in [2.24, 2.45) is 0 Å². The molecule has 2 amide bonds. The van der Waals surface area contributed by atoms with Crippen LogP contribution in [-0.2, 0) is 16.1 Å². The van der Waals surface area contributed by atoms with Crippen molar-refractivity contribution in [1.29, 1.82) is 0 Å². The van der Waals surface area contributed by atoms with E-state index in [0.717, 1.165) is 11.3 Å². The van der Waals surface area contributed by atoms with Crippen LogP contribution in [0, 0.1) is 6.92 Å². The van der Waals surface area contributed by atoms with Gasteiger partial charge in [0.05, 0.1) is 13.7 Å². The van der Waals surface area contributed by atoms with Gasteiger partial charge in [-0.3, -0.25) is 9.59 Å². The summed E-state index contributed by atoms with van der Waals surface area (Å²) in [5, 5.41) is 5.72. The number of nitrogens with one attached hydrogen (secondary N) is 2. The van der Waals surface area contributed by atoms with Crippen LogP contribution in [0.3, 0.4) is 0 Å². The molecular formula is C25H26N2O4. The van der Waals surface area contributed by atoms with Gasteiger partial charge < -0.3 is 20.1 Å². The van der Waals surface area contributed by atoms with Gasteiger partial charge in [-0.15, -0.1) is 0 Å². The molecular weight excluding hydrogens is 392 g/mol. The van der Waals surface area contributed by atoms with E-state index in [1.807, 2.05) is 54.6 Å². The van der Waals surface area contributed by atoms with E-state index < -0.39 is 6.10 Å². The molecule has 0 fully saturated rings. The molecule has 0 spiro atoms. The van der Waals surface area contributed by atoms with Crippen molar-refractivity contribution in [3.05, 3.63) is 89.5 Å². The highest BCUT2D eigenvalue weighted by Crippen LogP contribution is 2.21. The van der Waals surface area contributed by atoms with Crippen molar-refractivity contribution < 1.29 is 19.1 Å². The van der Waals surface area contributed by atoms with E-state index in [9.17, 15) is 9.59 Å². The average Bonchev–Trinajstić information content (AvgIpc) is 2.79. The van der Waals surface area contributed by atoms with Crippen LogP contribution >= 0.6 is 0 Å². The Hall–Kier alpha value is -3.64. The fraction of sp³-hybridized carbons (Fsp3) is 0.200. The predicted octanol–water partition coefficient (Wildman–Crippen LogP) is 4.80. The number of anilines is 2. The predicted molar refractivity (Wildman–Crippen MR) is 121 cm³/mol. The number of rotatable bonds is 8. The minimum Gasteiger partial charge on any atom is -0.497 e. The van der Waals surface area contributed by atoms with Crippen molar-refractivity contribution in [3.63, 3.8) is 0 Å². The van der Waals surface area contributed by atoms with Gasteiger partial charge in [0.2, 0.25) is 0 Å². The molecule has 3 rings (SSSR count). The molecule has 0 aliphatic carbocycles. The van der Waals surface area contributed by atoms with Crippen molar-refractivity contribution in [3.8, 4) is 5.75 Å². The van der Waals surface area contributed by atoms with E-state index in [-0.39, 0.29) is 18.4 Å². The van der Waals surface area contributed by atoms with Crippen molar-refractivity contribution in [2.75, 3.05) is 17.7 Å². The van der Waals surface area contributed by atoms with Crippen molar-refractivity contribution in [2.45, 2.75) is 26.6 Å². The first kappa shape index (κ1) is 22.1. The average molecular weight is 418 g/mol. The molecule has 0 bridgehead atoms. The van der Waals surface area contributed by atoms with Crippen LogP contribution in [0.2, 0.25) is 0 Å². The van der Waals surface area contributed by atoms with Crippen molar-refractivity contribution >= 4 is 23.2 Å². The fourth-order valence-corrected chi connectivity index (χ4v) is 3.03. The highest BCUT2D eigenvalue weighted by atomic mass is 16.5. The Balaban J connectivity index is 1.62. The summed E-state index contributed by atoms with van der Waals surface area (Å²) < 4.78 is 10.9. The van der Waals surface area contributed by atoms with Gasteiger partial charge in [0.15, 0.2) is 0 Å². The van der Waals surface area contributed by atoms with Gasteiger partial charge in [-0.2, -0.15) is 0 Å². The molecule has 3 aromatic rings. The number of ether oxygens (including phenoxy) is 2. The Labute approximate surface area is 182 Å². The lowest BCUT2D eigenvalue weighted by molar-refractivity contribution is -0.127. The van der Waals surface area contributed by atoms with Crippen LogP contribution in [0.1, 0.15) is 28.4 Å².